The van der Waals surface area contributed by atoms with Crippen molar-refractivity contribution in [2.75, 3.05) is 0 Å². The van der Waals surface area contributed by atoms with Gasteiger partial charge in [0.05, 0.1) is 11.1 Å². The topological polar surface area (TPSA) is 47.0 Å². The molecule has 1 aromatic carbocycles. The van der Waals surface area contributed by atoms with E-state index in [-0.39, 0.29) is 28.8 Å². The second kappa shape index (κ2) is 6.33. The van der Waals surface area contributed by atoms with Gasteiger partial charge in [-0.3, -0.25) is 14.6 Å². The Bertz CT molecular complexity index is 955. The maximum absolute atomic E-state index is 12.8. The fourth-order valence-corrected chi connectivity index (χ4v) is 2.62. The summed E-state index contributed by atoms with van der Waals surface area (Å²) in [6.45, 7) is 0. The van der Waals surface area contributed by atoms with Gasteiger partial charge in [0.1, 0.15) is 0 Å². The van der Waals surface area contributed by atoms with Crippen LogP contribution in [0, 0.1) is 0 Å². The van der Waals surface area contributed by atoms with Crippen LogP contribution >= 0.6 is 0 Å². The van der Waals surface area contributed by atoms with E-state index < -0.39 is 35.0 Å². The first kappa shape index (κ1) is 18.8. The van der Waals surface area contributed by atoms with Gasteiger partial charge in [0, 0.05) is 35.0 Å². The fraction of sp³-hybridized carbons (Fsp3) is 0.167. The van der Waals surface area contributed by atoms with Gasteiger partial charge < -0.3 is 0 Å². The van der Waals surface area contributed by atoms with Crippen LogP contribution in [0.5, 0.6) is 0 Å². The van der Waals surface area contributed by atoms with Gasteiger partial charge in [-0.05, 0) is 36.4 Å². The predicted molar refractivity (Wildman–Crippen MR) is 81.1 cm³/mol. The Balaban J connectivity index is 1.91. The molecule has 0 aliphatic heterocycles. The molecule has 1 aromatic heterocycles. The second-order valence-corrected chi connectivity index (χ2v) is 5.83. The summed E-state index contributed by atoms with van der Waals surface area (Å²) in [5.41, 5.74) is -2.66. The molecule has 0 bridgehead atoms. The van der Waals surface area contributed by atoms with Gasteiger partial charge >= 0.3 is 12.4 Å². The Kier molecular flexibility index (Phi) is 4.41. The quantitative estimate of drug-likeness (QED) is 0.706. The SMILES string of the molecule is O=C1C=C(Cc2ccc(C(F)(F)F)cn2)C(=O)c2cc(C(F)(F)F)ccc21. The molecule has 27 heavy (non-hydrogen) atoms. The molecule has 0 unspecified atom stereocenters. The molecule has 140 valence electrons. The summed E-state index contributed by atoms with van der Waals surface area (Å²) >= 11 is 0. The monoisotopic (exact) mass is 385 g/mol. The lowest BCUT2D eigenvalue weighted by Crippen LogP contribution is -2.20. The van der Waals surface area contributed by atoms with Crippen LogP contribution in [-0.4, -0.2) is 16.6 Å². The average Bonchev–Trinajstić information content (AvgIpc) is 2.58. The average molecular weight is 385 g/mol. The highest BCUT2D eigenvalue weighted by Crippen LogP contribution is 2.33. The molecule has 0 spiro atoms. The van der Waals surface area contributed by atoms with Gasteiger partial charge in [0.15, 0.2) is 11.6 Å². The van der Waals surface area contributed by atoms with Crippen molar-refractivity contribution in [2.24, 2.45) is 0 Å². The number of allylic oxidation sites excluding steroid dienone is 2. The lowest BCUT2D eigenvalue weighted by Gasteiger charge is -2.17. The van der Waals surface area contributed by atoms with E-state index in [2.05, 4.69) is 4.98 Å². The van der Waals surface area contributed by atoms with E-state index in [4.69, 9.17) is 0 Å². The van der Waals surface area contributed by atoms with Crippen molar-refractivity contribution in [1.29, 1.82) is 0 Å². The first-order valence-electron chi connectivity index (χ1n) is 7.50. The van der Waals surface area contributed by atoms with E-state index >= 15 is 0 Å². The molecule has 1 aliphatic rings. The molecule has 0 saturated carbocycles. The van der Waals surface area contributed by atoms with Crippen LogP contribution in [0.3, 0.4) is 0 Å². The number of rotatable bonds is 2. The smallest absolute Gasteiger partial charge is 0.289 e. The molecule has 1 heterocycles. The fourth-order valence-electron chi connectivity index (χ4n) is 2.62. The van der Waals surface area contributed by atoms with Crippen LogP contribution < -0.4 is 0 Å². The number of halogens is 6. The molecule has 1 aliphatic carbocycles. The number of hydrogen-bond donors (Lipinski definition) is 0. The van der Waals surface area contributed by atoms with Gasteiger partial charge in [-0.1, -0.05) is 0 Å². The third-order valence-electron chi connectivity index (χ3n) is 3.98. The van der Waals surface area contributed by atoms with Crippen LogP contribution in [0.15, 0.2) is 48.2 Å². The number of pyridine rings is 1. The minimum atomic E-state index is -4.69. The zero-order valence-electron chi connectivity index (χ0n) is 13.3. The van der Waals surface area contributed by atoms with E-state index in [1.54, 1.807) is 0 Å². The van der Waals surface area contributed by atoms with E-state index in [1.807, 2.05) is 0 Å². The minimum absolute atomic E-state index is 0.0748. The largest absolute Gasteiger partial charge is 0.417 e. The second-order valence-electron chi connectivity index (χ2n) is 5.83. The number of alkyl halides is 6. The lowest BCUT2D eigenvalue weighted by atomic mass is 9.86. The molecule has 0 N–H and O–H groups in total. The van der Waals surface area contributed by atoms with Gasteiger partial charge in [0.25, 0.3) is 0 Å². The standard InChI is InChI=1S/C18H9F6NO2/c19-17(20,21)10-2-4-13-14(7-10)16(27)9(6-15(13)26)5-12-3-1-11(8-25-12)18(22,23)24/h1-4,6-8H,5H2. The number of Topliss-reactive ketones (excluding diaryl/α,β-unsaturated/α-hetero) is 1. The van der Waals surface area contributed by atoms with Gasteiger partial charge in [0.2, 0.25) is 0 Å². The van der Waals surface area contributed by atoms with Crippen molar-refractivity contribution < 1.29 is 35.9 Å². The summed E-state index contributed by atoms with van der Waals surface area (Å²) in [6.07, 6.45) is -7.99. The van der Waals surface area contributed by atoms with Gasteiger partial charge in [-0.2, -0.15) is 26.3 Å². The van der Waals surface area contributed by atoms with Crippen LogP contribution in [0.4, 0.5) is 26.3 Å². The van der Waals surface area contributed by atoms with E-state index in [0.717, 1.165) is 24.3 Å². The summed E-state index contributed by atoms with van der Waals surface area (Å²) in [6, 6.07) is 4.06. The molecular weight excluding hydrogens is 376 g/mol. The van der Waals surface area contributed by atoms with Crippen molar-refractivity contribution in [2.45, 2.75) is 18.8 Å². The van der Waals surface area contributed by atoms with Crippen molar-refractivity contribution in [3.8, 4) is 0 Å². The molecular formula is C18H9F6NO2. The maximum Gasteiger partial charge on any atom is 0.417 e. The number of hydrogen-bond acceptors (Lipinski definition) is 3. The molecule has 0 radical (unpaired) electrons. The Labute approximate surface area is 148 Å². The van der Waals surface area contributed by atoms with Crippen LogP contribution in [0.25, 0.3) is 0 Å². The highest BCUT2D eigenvalue weighted by molar-refractivity contribution is 6.24. The van der Waals surface area contributed by atoms with Crippen molar-refractivity contribution in [1.82, 2.24) is 4.98 Å². The van der Waals surface area contributed by atoms with Gasteiger partial charge in [-0.15, -0.1) is 0 Å². The summed E-state index contributed by atoms with van der Waals surface area (Å²) in [7, 11) is 0. The molecule has 3 nitrogen and oxygen atoms in total. The number of nitrogens with zero attached hydrogens (tertiary/aromatic N) is 1. The van der Waals surface area contributed by atoms with Crippen molar-refractivity contribution in [3.63, 3.8) is 0 Å². The highest BCUT2D eigenvalue weighted by Gasteiger charge is 2.34. The number of carbonyl (C=O) groups is 2. The Morgan fingerprint density at radius 1 is 0.815 bits per heavy atom. The molecule has 0 amide bonds. The number of carbonyl (C=O) groups excluding carboxylic acids is 2. The number of ketones is 2. The van der Waals surface area contributed by atoms with Crippen molar-refractivity contribution in [3.05, 3.63) is 76.1 Å². The summed E-state index contributed by atoms with van der Waals surface area (Å²) in [5.74, 6) is -1.45. The molecule has 3 rings (SSSR count). The zero-order valence-corrected chi connectivity index (χ0v) is 13.3. The normalized spacial score (nSPS) is 14.8. The summed E-state index contributed by atoms with van der Waals surface area (Å²) in [4.78, 5) is 28.2. The van der Waals surface area contributed by atoms with E-state index in [9.17, 15) is 35.9 Å². The maximum atomic E-state index is 12.8. The summed E-state index contributed by atoms with van der Waals surface area (Å²) < 4.78 is 76.2. The predicted octanol–water partition coefficient (Wildman–Crippen LogP) is 4.67. The Morgan fingerprint density at radius 3 is 2.00 bits per heavy atom. The first-order chi connectivity index (χ1) is 12.5. The molecule has 2 aromatic rings. The molecule has 0 saturated heterocycles. The van der Waals surface area contributed by atoms with E-state index in [1.165, 1.54) is 0 Å². The molecule has 0 atom stereocenters. The third kappa shape index (κ3) is 3.76. The van der Waals surface area contributed by atoms with Crippen LogP contribution in [0.1, 0.15) is 37.5 Å². The van der Waals surface area contributed by atoms with Gasteiger partial charge in [-0.25, -0.2) is 0 Å². The molecule has 9 heteroatoms. The highest BCUT2D eigenvalue weighted by atomic mass is 19.4. The Morgan fingerprint density at radius 2 is 1.44 bits per heavy atom. The number of fused-ring (bicyclic) bond motifs is 1. The van der Waals surface area contributed by atoms with Crippen molar-refractivity contribution >= 4 is 11.6 Å². The summed E-state index contributed by atoms with van der Waals surface area (Å²) in [5, 5.41) is 0. The third-order valence-corrected chi connectivity index (χ3v) is 3.98. The first-order valence-corrected chi connectivity index (χ1v) is 7.50. The molecule has 0 fully saturated rings. The number of benzene rings is 1. The van der Waals surface area contributed by atoms with E-state index in [0.29, 0.717) is 18.3 Å². The Hall–Kier alpha value is -2.97. The minimum Gasteiger partial charge on any atom is -0.289 e. The van der Waals surface area contributed by atoms with Crippen LogP contribution in [0.2, 0.25) is 0 Å². The van der Waals surface area contributed by atoms with Crippen LogP contribution in [-0.2, 0) is 18.8 Å². The number of aromatic nitrogens is 1. The lowest BCUT2D eigenvalue weighted by molar-refractivity contribution is -0.138. The zero-order chi connectivity index (χ0) is 20.0.